The van der Waals surface area contributed by atoms with E-state index in [1.807, 2.05) is 36.0 Å². The van der Waals surface area contributed by atoms with Crippen molar-refractivity contribution in [3.05, 3.63) is 71.9 Å². The number of carbonyl (C=O) groups is 2. The number of methoxy groups -OCH3 is 3. The van der Waals surface area contributed by atoms with Crippen LogP contribution in [0.15, 0.2) is 59.3 Å². The molecule has 0 aliphatic carbocycles. The molecular formula is C25H31N3O6. The van der Waals surface area contributed by atoms with Gasteiger partial charge in [0, 0.05) is 38.7 Å². The molecule has 9 heteroatoms. The summed E-state index contributed by atoms with van der Waals surface area (Å²) in [4.78, 5) is 30.0. The lowest BCUT2D eigenvalue weighted by Crippen LogP contribution is -2.44. The molecule has 0 aliphatic heterocycles. The number of hydrogen-bond donors (Lipinski definition) is 0. The van der Waals surface area contributed by atoms with Crippen molar-refractivity contribution < 1.29 is 28.2 Å². The van der Waals surface area contributed by atoms with Gasteiger partial charge in [-0.3, -0.25) is 9.59 Å². The van der Waals surface area contributed by atoms with Crippen molar-refractivity contribution in [3.63, 3.8) is 0 Å². The Morgan fingerprint density at radius 2 is 1.82 bits per heavy atom. The predicted molar refractivity (Wildman–Crippen MR) is 126 cm³/mol. The van der Waals surface area contributed by atoms with Crippen LogP contribution < -0.4 is 9.47 Å². The Bertz CT molecular complexity index is 1080. The molecule has 2 aromatic heterocycles. The summed E-state index contributed by atoms with van der Waals surface area (Å²) < 4.78 is 23.2. The monoisotopic (exact) mass is 469 g/mol. The van der Waals surface area contributed by atoms with E-state index >= 15 is 0 Å². The van der Waals surface area contributed by atoms with Gasteiger partial charge in [-0.2, -0.15) is 0 Å². The number of benzene rings is 1. The molecule has 0 saturated heterocycles. The van der Waals surface area contributed by atoms with Crippen molar-refractivity contribution in [2.75, 3.05) is 41.0 Å². The number of nitrogens with zero attached hydrogens (tertiary/aromatic N) is 3. The number of carbonyl (C=O) groups excluding carboxylic acids is 2. The highest BCUT2D eigenvalue weighted by Crippen LogP contribution is 2.26. The Balaban J connectivity index is 1.84. The Kier molecular flexibility index (Phi) is 8.75. The minimum absolute atomic E-state index is 0.123. The summed E-state index contributed by atoms with van der Waals surface area (Å²) >= 11 is 0. The molecule has 0 fully saturated rings. The predicted octanol–water partition coefficient (Wildman–Crippen LogP) is 2.95. The zero-order valence-electron chi connectivity index (χ0n) is 20.0. The van der Waals surface area contributed by atoms with Crippen LogP contribution in [0.5, 0.6) is 11.5 Å². The lowest BCUT2D eigenvalue weighted by Gasteiger charge is -2.28. The molecule has 3 aromatic rings. The molecular weight excluding hydrogens is 438 g/mol. The fourth-order valence-corrected chi connectivity index (χ4v) is 3.54. The molecule has 9 nitrogen and oxygen atoms in total. The van der Waals surface area contributed by atoms with Crippen LogP contribution >= 0.6 is 0 Å². The number of hydrogen-bond acceptors (Lipinski definition) is 6. The largest absolute Gasteiger partial charge is 0.497 e. The standard InChI is InChI=1S/C25H31N3O6/c1-26-11-5-7-19(26)16-28(17-21-8-6-13-34-21)24(29)18-27(12-14-31-2)25(30)22-10-9-20(32-3)15-23(22)33-4/h5-11,13,15H,12,14,16-18H2,1-4H3. The second-order valence-electron chi connectivity index (χ2n) is 7.73. The quantitative estimate of drug-likeness (QED) is 0.405. The van der Waals surface area contributed by atoms with Gasteiger partial charge in [0.15, 0.2) is 0 Å². The van der Waals surface area contributed by atoms with Gasteiger partial charge in [-0.1, -0.05) is 0 Å². The van der Waals surface area contributed by atoms with Gasteiger partial charge in [-0.05, 0) is 36.4 Å². The van der Waals surface area contributed by atoms with Gasteiger partial charge in [0.1, 0.15) is 23.8 Å². The molecule has 2 amide bonds. The summed E-state index contributed by atoms with van der Waals surface area (Å²) in [6.07, 6.45) is 3.50. The molecule has 0 spiro atoms. The highest BCUT2D eigenvalue weighted by atomic mass is 16.5. The maximum Gasteiger partial charge on any atom is 0.258 e. The Morgan fingerprint density at radius 3 is 2.44 bits per heavy atom. The van der Waals surface area contributed by atoms with Gasteiger partial charge in [-0.25, -0.2) is 0 Å². The third-order valence-electron chi connectivity index (χ3n) is 5.50. The van der Waals surface area contributed by atoms with E-state index in [2.05, 4.69) is 0 Å². The molecule has 182 valence electrons. The number of ether oxygens (including phenoxy) is 3. The van der Waals surface area contributed by atoms with Crippen LogP contribution in [0.2, 0.25) is 0 Å². The van der Waals surface area contributed by atoms with Crippen LogP contribution in [-0.2, 0) is 29.7 Å². The first kappa shape index (κ1) is 24.9. The van der Waals surface area contributed by atoms with Crippen molar-refractivity contribution in [3.8, 4) is 11.5 Å². The SMILES string of the molecule is COCCN(CC(=O)N(Cc1ccco1)Cc1cccn1C)C(=O)c1ccc(OC)cc1OC. The normalized spacial score (nSPS) is 10.7. The first-order chi connectivity index (χ1) is 16.5. The van der Waals surface area contributed by atoms with Crippen LogP contribution in [0.4, 0.5) is 0 Å². The molecule has 0 bridgehead atoms. The van der Waals surface area contributed by atoms with E-state index in [9.17, 15) is 9.59 Å². The van der Waals surface area contributed by atoms with E-state index in [0.717, 1.165) is 5.69 Å². The summed E-state index contributed by atoms with van der Waals surface area (Å²) in [5, 5.41) is 0. The summed E-state index contributed by atoms with van der Waals surface area (Å²) in [5.41, 5.74) is 1.30. The van der Waals surface area contributed by atoms with Crippen LogP contribution in [0.25, 0.3) is 0 Å². The first-order valence-corrected chi connectivity index (χ1v) is 10.9. The van der Waals surface area contributed by atoms with Gasteiger partial charge < -0.3 is 33.0 Å². The minimum Gasteiger partial charge on any atom is -0.497 e. The molecule has 0 saturated carbocycles. The second kappa shape index (κ2) is 11.9. The van der Waals surface area contributed by atoms with Gasteiger partial charge in [0.2, 0.25) is 5.91 Å². The third-order valence-corrected chi connectivity index (χ3v) is 5.50. The summed E-state index contributed by atoms with van der Waals surface area (Å²) in [6, 6.07) is 12.4. The number of aromatic nitrogens is 1. The number of aryl methyl sites for hydroxylation is 1. The van der Waals surface area contributed by atoms with Crippen molar-refractivity contribution in [2.45, 2.75) is 13.1 Å². The highest BCUT2D eigenvalue weighted by molar-refractivity contribution is 5.99. The Hall–Kier alpha value is -3.72. The smallest absolute Gasteiger partial charge is 0.258 e. The van der Waals surface area contributed by atoms with Crippen LogP contribution in [0.1, 0.15) is 21.8 Å². The maximum atomic E-state index is 13.5. The molecule has 1 aromatic carbocycles. The number of rotatable bonds is 12. The van der Waals surface area contributed by atoms with E-state index in [0.29, 0.717) is 29.4 Å². The van der Waals surface area contributed by atoms with Crippen LogP contribution in [0, 0.1) is 0 Å². The lowest BCUT2D eigenvalue weighted by atomic mass is 10.1. The van der Waals surface area contributed by atoms with Gasteiger partial charge in [0.05, 0.1) is 45.7 Å². The average Bonchev–Trinajstić information content (AvgIpc) is 3.52. The maximum absolute atomic E-state index is 13.5. The zero-order valence-corrected chi connectivity index (χ0v) is 20.0. The van der Waals surface area contributed by atoms with E-state index in [-0.39, 0.29) is 38.1 Å². The zero-order chi connectivity index (χ0) is 24.5. The molecule has 0 N–H and O–H groups in total. The minimum atomic E-state index is -0.332. The van der Waals surface area contributed by atoms with Crippen molar-refractivity contribution in [2.24, 2.45) is 7.05 Å². The summed E-state index contributed by atoms with van der Waals surface area (Å²) in [6.45, 7) is 1.07. The molecule has 0 radical (unpaired) electrons. The summed E-state index contributed by atoms with van der Waals surface area (Å²) in [7, 11) is 6.51. The average molecular weight is 470 g/mol. The van der Waals surface area contributed by atoms with Gasteiger partial charge in [0.25, 0.3) is 5.91 Å². The molecule has 34 heavy (non-hydrogen) atoms. The molecule has 2 heterocycles. The molecule has 0 unspecified atom stereocenters. The van der Waals surface area contributed by atoms with Crippen molar-refractivity contribution >= 4 is 11.8 Å². The summed E-state index contributed by atoms with van der Waals surface area (Å²) in [5.74, 6) is 1.06. The lowest BCUT2D eigenvalue weighted by molar-refractivity contribution is -0.133. The third kappa shape index (κ3) is 6.20. The van der Waals surface area contributed by atoms with Crippen LogP contribution in [-0.4, -0.2) is 67.2 Å². The van der Waals surface area contributed by atoms with Crippen molar-refractivity contribution in [1.82, 2.24) is 14.4 Å². The highest BCUT2D eigenvalue weighted by Gasteiger charge is 2.25. The molecule has 3 rings (SSSR count). The van der Waals surface area contributed by atoms with Crippen LogP contribution in [0.3, 0.4) is 0 Å². The van der Waals surface area contributed by atoms with E-state index in [1.54, 1.807) is 49.6 Å². The van der Waals surface area contributed by atoms with Crippen molar-refractivity contribution in [1.29, 1.82) is 0 Å². The van der Waals surface area contributed by atoms with E-state index < -0.39 is 0 Å². The first-order valence-electron chi connectivity index (χ1n) is 10.9. The van der Waals surface area contributed by atoms with E-state index in [1.165, 1.54) is 12.0 Å². The Labute approximate surface area is 199 Å². The fourth-order valence-electron chi connectivity index (χ4n) is 3.54. The second-order valence-corrected chi connectivity index (χ2v) is 7.73. The van der Waals surface area contributed by atoms with Gasteiger partial charge >= 0.3 is 0 Å². The van der Waals surface area contributed by atoms with E-state index in [4.69, 9.17) is 18.6 Å². The Morgan fingerprint density at radius 1 is 1.00 bits per heavy atom. The molecule has 0 aliphatic rings. The van der Waals surface area contributed by atoms with Gasteiger partial charge in [-0.15, -0.1) is 0 Å². The molecule has 0 atom stereocenters. The fraction of sp³-hybridized carbons (Fsp3) is 0.360. The topological polar surface area (TPSA) is 86.4 Å². The number of amides is 2. The number of furan rings is 1.